The first-order valence-electron chi connectivity index (χ1n) is 6.65. The SMILES string of the molecule is O=C(c1ccc(F)cc1O)N1CCCC2(C1)OCCO2. The molecule has 2 heterocycles. The van der Waals surface area contributed by atoms with Gasteiger partial charge in [0.25, 0.3) is 5.91 Å². The van der Waals surface area contributed by atoms with Crippen molar-refractivity contribution in [1.82, 2.24) is 4.90 Å². The molecule has 2 aliphatic heterocycles. The lowest BCUT2D eigenvalue weighted by atomic mass is 10.0. The quantitative estimate of drug-likeness (QED) is 0.847. The van der Waals surface area contributed by atoms with Gasteiger partial charge in [0.15, 0.2) is 5.79 Å². The largest absolute Gasteiger partial charge is 0.507 e. The molecule has 20 heavy (non-hydrogen) atoms. The van der Waals surface area contributed by atoms with Gasteiger partial charge < -0.3 is 19.5 Å². The van der Waals surface area contributed by atoms with Gasteiger partial charge in [-0.05, 0) is 18.6 Å². The maximum atomic E-state index is 13.0. The van der Waals surface area contributed by atoms with Crippen molar-refractivity contribution in [3.05, 3.63) is 29.6 Å². The molecule has 0 bridgehead atoms. The van der Waals surface area contributed by atoms with Gasteiger partial charge >= 0.3 is 0 Å². The van der Waals surface area contributed by atoms with E-state index in [1.165, 1.54) is 6.07 Å². The van der Waals surface area contributed by atoms with Gasteiger partial charge in [-0.15, -0.1) is 0 Å². The number of likely N-dealkylation sites (tertiary alicyclic amines) is 1. The Balaban J connectivity index is 1.79. The molecule has 108 valence electrons. The summed E-state index contributed by atoms with van der Waals surface area (Å²) in [6, 6.07) is 3.40. The molecule has 1 aromatic carbocycles. The third-order valence-corrected chi connectivity index (χ3v) is 3.71. The molecule has 2 fully saturated rings. The second kappa shape index (κ2) is 5.03. The summed E-state index contributed by atoms with van der Waals surface area (Å²) in [7, 11) is 0. The van der Waals surface area contributed by atoms with Crippen molar-refractivity contribution in [2.45, 2.75) is 18.6 Å². The summed E-state index contributed by atoms with van der Waals surface area (Å²) >= 11 is 0. The van der Waals surface area contributed by atoms with Crippen molar-refractivity contribution in [3.8, 4) is 5.75 Å². The fraction of sp³-hybridized carbons (Fsp3) is 0.500. The molecule has 0 unspecified atom stereocenters. The van der Waals surface area contributed by atoms with Gasteiger partial charge in [0.05, 0.1) is 25.3 Å². The molecule has 6 heteroatoms. The smallest absolute Gasteiger partial charge is 0.257 e. The van der Waals surface area contributed by atoms with Crippen LogP contribution < -0.4 is 0 Å². The highest BCUT2D eigenvalue weighted by molar-refractivity contribution is 5.96. The Morgan fingerprint density at radius 3 is 2.80 bits per heavy atom. The van der Waals surface area contributed by atoms with Gasteiger partial charge in [-0.25, -0.2) is 4.39 Å². The summed E-state index contributed by atoms with van der Waals surface area (Å²) in [5.74, 6) is -1.95. The number of piperidine rings is 1. The minimum Gasteiger partial charge on any atom is -0.507 e. The number of rotatable bonds is 1. The van der Waals surface area contributed by atoms with E-state index in [9.17, 15) is 14.3 Å². The van der Waals surface area contributed by atoms with Crippen LogP contribution in [-0.4, -0.2) is 48.0 Å². The van der Waals surface area contributed by atoms with Crippen LogP contribution in [0.2, 0.25) is 0 Å². The van der Waals surface area contributed by atoms with E-state index < -0.39 is 11.6 Å². The number of aromatic hydroxyl groups is 1. The van der Waals surface area contributed by atoms with Crippen molar-refractivity contribution in [3.63, 3.8) is 0 Å². The number of phenols is 1. The Labute approximate surface area is 115 Å². The fourth-order valence-corrected chi connectivity index (χ4v) is 2.75. The molecule has 1 amide bonds. The highest BCUT2D eigenvalue weighted by atomic mass is 19.1. The first-order valence-corrected chi connectivity index (χ1v) is 6.65. The molecule has 1 spiro atoms. The van der Waals surface area contributed by atoms with Crippen LogP contribution >= 0.6 is 0 Å². The first-order chi connectivity index (χ1) is 9.60. The van der Waals surface area contributed by atoms with Crippen LogP contribution in [0, 0.1) is 5.82 Å². The summed E-state index contributed by atoms with van der Waals surface area (Å²) < 4.78 is 24.2. The van der Waals surface area contributed by atoms with Crippen molar-refractivity contribution >= 4 is 5.91 Å². The van der Waals surface area contributed by atoms with Crippen LogP contribution in [-0.2, 0) is 9.47 Å². The lowest BCUT2D eigenvalue weighted by molar-refractivity contribution is -0.183. The molecule has 0 radical (unpaired) electrons. The van der Waals surface area contributed by atoms with E-state index in [0.717, 1.165) is 25.0 Å². The van der Waals surface area contributed by atoms with Gasteiger partial charge in [0, 0.05) is 19.0 Å². The fourth-order valence-electron chi connectivity index (χ4n) is 2.75. The molecule has 0 aromatic heterocycles. The first kappa shape index (κ1) is 13.3. The van der Waals surface area contributed by atoms with Crippen LogP contribution in [0.1, 0.15) is 23.2 Å². The Kier molecular flexibility index (Phi) is 3.35. The molecule has 5 nitrogen and oxygen atoms in total. The van der Waals surface area contributed by atoms with E-state index in [1.54, 1.807) is 4.90 Å². The van der Waals surface area contributed by atoms with E-state index in [1.807, 2.05) is 0 Å². The number of amides is 1. The Morgan fingerprint density at radius 1 is 1.35 bits per heavy atom. The second-order valence-corrected chi connectivity index (χ2v) is 5.10. The molecule has 0 aliphatic carbocycles. The molecule has 1 aromatic rings. The maximum Gasteiger partial charge on any atom is 0.257 e. The average molecular weight is 281 g/mol. The molecule has 0 saturated carbocycles. The topological polar surface area (TPSA) is 59.0 Å². The van der Waals surface area contributed by atoms with Gasteiger partial charge in [-0.2, -0.15) is 0 Å². The number of benzene rings is 1. The standard InChI is InChI=1S/C14H16FNO4/c15-10-2-3-11(12(17)8-10)13(18)16-5-1-4-14(9-16)19-6-7-20-14/h2-3,8,17H,1,4-7,9H2. The summed E-state index contributed by atoms with van der Waals surface area (Å²) in [6.45, 7) is 1.97. The van der Waals surface area contributed by atoms with Gasteiger partial charge in [-0.1, -0.05) is 0 Å². The number of hydrogen-bond donors (Lipinski definition) is 1. The van der Waals surface area contributed by atoms with Crippen LogP contribution in [0.25, 0.3) is 0 Å². The summed E-state index contributed by atoms with van der Waals surface area (Å²) in [4.78, 5) is 14.0. The molecule has 2 aliphatic rings. The van der Waals surface area contributed by atoms with Gasteiger partial charge in [0.1, 0.15) is 11.6 Å². The number of hydrogen-bond acceptors (Lipinski definition) is 4. The minimum atomic E-state index is -0.705. The normalized spacial score (nSPS) is 21.4. The minimum absolute atomic E-state index is 0.0986. The Morgan fingerprint density at radius 2 is 2.10 bits per heavy atom. The van der Waals surface area contributed by atoms with Crippen molar-refractivity contribution < 1.29 is 23.8 Å². The number of ether oxygens (including phenoxy) is 2. The predicted molar refractivity (Wildman–Crippen MR) is 67.8 cm³/mol. The molecule has 0 atom stereocenters. The zero-order valence-corrected chi connectivity index (χ0v) is 11.0. The summed E-state index contributed by atoms with van der Waals surface area (Å²) in [6.07, 6.45) is 1.53. The highest BCUT2D eigenvalue weighted by Crippen LogP contribution is 2.31. The molecule has 1 N–H and O–H groups in total. The average Bonchev–Trinajstić information content (AvgIpc) is 2.86. The maximum absolute atomic E-state index is 13.0. The van der Waals surface area contributed by atoms with Crippen LogP contribution in [0.4, 0.5) is 4.39 Å². The van der Waals surface area contributed by atoms with E-state index in [-0.39, 0.29) is 17.2 Å². The number of carbonyl (C=O) groups is 1. The van der Waals surface area contributed by atoms with Gasteiger partial charge in [0.2, 0.25) is 0 Å². The third-order valence-electron chi connectivity index (χ3n) is 3.71. The van der Waals surface area contributed by atoms with Crippen molar-refractivity contribution in [2.75, 3.05) is 26.3 Å². The van der Waals surface area contributed by atoms with E-state index >= 15 is 0 Å². The number of phenolic OH excluding ortho intramolecular Hbond substituents is 1. The predicted octanol–water partition coefficient (Wildman–Crippen LogP) is 1.51. The van der Waals surface area contributed by atoms with E-state index in [2.05, 4.69) is 0 Å². The Bertz CT molecular complexity index is 528. The van der Waals surface area contributed by atoms with Crippen molar-refractivity contribution in [2.24, 2.45) is 0 Å². The van der Waals surface area contributed by atoms with E-state index in [0.29, 0.717) is 26.3 Å². The van der Waals surface area contributed by atoms with Crippen LogP contribution in [0.15, 0.2) is 18.2 Å². The van der Waals surface area contributed by atoms with Crippen LogP contribution in [0.5, 0.6) is 5.75 Å². The second-order valence-electron chi connectivity index (χ2n) is 5.10. The summed E-state index contributed by atoms with van der Waals surface area (Å²) in [5.41, 5.74) is 0.0986. The zero-order valence-electron chi connectivity index (χ0n) is 11.0. The van der Waals surface area contributed by atoms with E-state index in [4.69, 9.17) is 9.47 Å². The third kappa shape index (κ3) is 2.36. The number of carbonyl (C=O) groups excluding carboxylic acids is 1. The molecular formula is C14H16FNO4. The lowest BCUT2D eigenvalue weighted by Gasteiger charge is -2.38. The number of nitrogens with zero attached hydrogens (tertiary/aromatic N) is 1. The van der Waals surface area contributed by atoms with Gasteiger partial charge in [-0.3, -0.25) is 4.79 Å². The zero-order chi connectivity index (χ0) is 14.2. The lowest BCUT2D eigenvalue weighted by Crippen LogP contribution is -2.51. The highest BCUT2D eigenvalue weighted by Gasteiger charge is 2.42. The monoisotopic (exact) mass is 281 g/mol. The molecular weight excluding hydrogens is 265 g/mol. The Hall–Kier alpha value is -1.66. The molecule has 3 rings (SSSR count). The molecule has 2 saturated heterocycles. The van der Waals surface area contributed by atoms with Crippen LogP contribution in [0.3, 0.4) is 0 Å². The number of halogens is 1. The van der Waals surface area contributed by atoms with Crippen molar-refractivity contribution in [1.29, 1.82) is 0 Å². The summed E-state index contributed by atoms with van der Waals surface area (Å²) in [5, 5.41) is 9.70.